The molecule has 1 rings (SSSR count). The van der Waals surface area contributed by atoms with Crippen LogP contribution >= 0.6 is 0 Å². The quantitative estimate of drug-likeness (QED) is 0.631. The third-order valence-electron chi connectivity index (χ3n) is 3.06. The highest BCUT2D eigenvalue weighted by Gasteiger charge is 2.17. The summed E-state index contributed by atoms with van der Waals surface area (Å²) >= 11 is 0. The van der Waals surface area contributed by atoms with E-state index in [1.54, 1.807) is 0 Å². The molecule has 1 aliphatic heterocycles. The molecule has 5 nitrogen and oxygen atoms in total. The van der Waals surface area contributed by atoms with Crippen LogP contribution in [0.25, 0.3) is 0 Å². The van der Waals surface area contributed by atoms with Gasteiger partial charge in [0.2, 0.25) is 5.91 Å². The molecule has 100 valence electrons. The number of rotatable bonds is 7. The highest BCUT2D eigenvalue weighted by atomic mass is 16.5. The Bertz CT molecular complexity index is 228. The smallest absolute Gasteiger partial charge is 0.224 e. The number of hydrogen-bond acceptors (Lipinski definition) is 4. The predicted molar refractivity (Wildman–Crippen MR) is 65.6 cm³/mol. The highest BCUT2D eigenvalue weighted by Crippen LogP contribution is 2.08. The molecule has 1 amide bonds. The van der Waals surface area contributed by atoms with Crippen molar-refractivity contribution in [2.24, 2.45) is 11.7 Å². The van der Waals surface area contributed by atoms with Crippen molar-refractivity contribution >= 4 is 5.91 Å². The fourth-order valence-electron chi connectivity index (χ4n) is 1.58. The van der Waals surface area contributed by atoms with Crippen molar-refractivity contribution in [2.75, 3.05) is 26.4 Å². The van der Waals surface area contributed by atoms with Gasteiger partial charge in [-0.05, 0) is 19.8 Å². The van der Waals surface area contributed by atoms with Crippen LogP contribution in [0.2, 0.25) is 0 Å². The minimum Gasteiger partial charge on any atom is -0.379 e. The Morgan fingerprint density at radius 3 is 2.94 bits per heavy atom. The molecule has 1 aliphatic rings. The molecule has 0 radical (unpaired) electrons. The molecule has 1 saturated heterocycles. The number of ether oxygens (including phenoxy) is 2. The van der Waals surface area contributed by atoms with Crippen molar-refractivity contribution in [1.82, 2.24) is 5.32 Å². The van der Waals surface area contributed by atoms with Gasteiger partial charge in [-0.1, -0.05) is 6.92 Å². The Labute approximate surface area is 103 Å². The molecule has 0 aromatic carbocycles. The zero-order chi connectivity index (χ0) is 12.7. The van der Waals surface area contributed by atoms with Crippen molar-refractivity contribution in [3.05, 3.63) is 0 Å². The summed E-state index contributed by atoms with van der Waals surface area (Å²) in [4.78, 5) is 11.6. The lowest BCUT2D eigenvalue weighted by atomic mass is 10.0. The summed E-state index contributed by atoms with van der Waals surface area (Å²) in [5.41, 5.74) is 5.65. The van der Waals surface area contributed by atoms with Crippen LogP contribution in [-0.4, -0.2) is 44.4 Å². The van der Waals surface area contributed by atoms with E-state index < -0.39 is 0 Å². The van der Waals surface area contributed by atoms with Gasteiger partial charge in [0.1, 0.15) is 0 Å². The Morgan fingerprint density at radius 1 is 1.59 bits per heavy atom. The Balaban J connectivity index is 1.98. The standard InChI is InChI=1S/C12H24N2O3/c1-9(10(2)13)12(15)14-5-3-6-17-11-4-7-16-8-11/h9-11H,3-8,13H2,1-2H3,(H,14,15). The normalized spacial score (nSPS) is 23.4. The van der Waals surface area contributed by atoms with E-state index in [-0.39, 0.29) is 24.0 Å². The molecule has 0 aromatic heterocycles. The second kappa shape index (κ2) is 7.63. The largest absolute Gasteiger partial charge is 0.379 e. The third-order valence-corrected chi connectivity index (χ3v) is 3.06. The van der Waals surface area contributed by atoms with Gasteiger partial charge in [0.05, 0.1) is 12.7 Å². The van der Waals surface area contributed by atoms with Crippen molar-refractivity contribution in [3.8, 4) is 0 Å². The van der Waals surface area contributed by atoms with Gasteiger partial charge in [0.15, 0.2) is 0 Å². The first kappa shape index (κ1) is 14.4. The highest BCUT2D eigenvalue weighted by molar-refractivity contribution is 5.78. The topological polar surface area (TPSA) is 73.6 Å². The van der Waals surface area contributed by atoms with E-state index in [9.17, 15) is 4.79 Å². The average Bonchev–Trinajstić information content (AvgIpc) is 2.80. The maximum atomic E-state index is 11.6. The summed E-state index contributed by atoms with van der Waals surface area (Å²) in [5.74, 6) is -0.122. The van der Waals surface area contributed by atoms with Crippen molar-refractivity contribution in [2.45, 2.75) is 38.8 Å². The van der Waals surface area contributed by atoms with Crippen LogP contribution < -0.4 is 11.1 Å². The van der Waals surface area contributed by atoms with Crippen LogP contribution in [0.5, 0.6) is 0 Å². The summed E-state index contributed by atoms with van der Waals surface area (Å²) in [5, 5.41) is 2.86. The minimum atomic E-state index is -0.140. The lowest BCUT2D eigenvalue weighted by Crippen LogP contribution is -2.39. The average molecular weight is 244 g/mol. The van der Waals surface area contributed by atoms with E-state index in [0.29, 0.717) is 19.8 Å². The zero-order valence-corrected chi connectivity index (χ0v) is 10.8. The van der Waals surface area contributed by atoms with E-state index in [2.05, 4.69) is 5.32 Å². The van der Waals surface area contributed by atoms with Gasteiger partial charge in [-0.25, -0.2) is 0 Å². The van der Waals surface area contributed by atoms with Crippen LogP contribution in [0.4, 0.5) is 0 Å². The first-order valence-electron chi connectivity index (χ1n) is 6.34. The summed E-state index contributed by atoms with van der Waals surface area (Å²) in [7, 11) is 0. The molecule has 3 unspecified atom stereocenters. The van der Waals surface area contributed by atoms with E-state index in [1.165, 1.54) is 0 Å². The van der Waals surface area contributed by atoms with E-state index in [1.807, 2.05) is 13.8 Å². The number of nitrogens with two attached hydrogens (primary N) is 1. The lowest BCUT2D eigenvalue weighted by molar-refractivity contribution is -0.124. The van der Waals surface area contributed by atoms with Crippen LogP contribution in [0, 0.1) is 5.92 Å². The molecule has 3 atom stereocenters. The molecule has 0 bridgehead atoms. The molecular weight excluding hydrogens is 220 g/mol. The Kier molecular flexibility index (Phi) is 6.47. The van der Waals surface area contributed by atoms with Crippen molar-refractivity contribution in [3.63, 3.8) is 0 Å². The number of carbonyl (C=O) groups excluding carboxylic acids is 1. The maximum absolute atomic E-state index is 11.6. The first-order chi connectivity index (χ1) is 8.11. The van der Waals surface area contributed by atoms with Gasteiger partial charge in [-0.3, -0.25) is 4.79 Å². The van der Waals surface area contributed by atoms with Crippen LogP contribution in [-0.2, 0) is 14.3 Å². The molecule has 0 spiro atoms. The molecule has 0 aliphatic carbocycles. The third kappa shape index (κ3) is 5.48. The molecule has 3 N–H and O–H groups in total. The molecule has 17 heavy (non-hydrogen) atoms. The van der Waals surface area contributed by atoms with E-state index >= 15 is 0 Å². The predicted octanol–water partition coefficient (Wildman–Crippen LogP) is 0.282. The van der Waals surface area contributed by atoms with Gasteiger partial charge < -0.3 is 20.5 Å². The van der Waals surface area contributed by atoms with Gasteiger partial charge >= 0.3 is 0 Å². The Morgan fingerprint density at radius 2 is 2.35 bits per heavy atom. The summed E-state index contributed by atoms with van der Waals surface area (Å²) in [6, 6.07) is -0.109. The fourth-order valence-corrected chi connectivity index (χ4v) is 1.58. The monoisotopic (exact) mass is 244 g/mol. The second-order valence-electron chi connectivity index (χ2n) is 4.65. The molecular formula is C12H24N2O3. The first-order valence-corrected chi connectivity index (χ1v) is 6.34. The summed E-state index contributed by atoms with van der Waals surface area (Å²) in [6.45, 7) is 6.49. The minimum absolute atomic E-state index is 0.0178. The van der Waals surface area contributed by atoms with E-state index in [4.69, 9.17) is 15.2 Å². The van der Waals surface area contributed by atoms with Gasteiger partial charge in [0.25, 0.3) is 0 Å². The number of carbonyl (C=O) groups is 1. The van der Waals surface area contributed by atoms with E-state index in [0.717, 1.165) is 19.4 Å². The zero-order valence-electron chi connectivity index (χ0n) is 10.8. The number of amides is 1. The van der Waals surface area contributed by atoms with Gasteiger partial charge in [0, 0.05) is 31.7 Å². The molecule has 0 saturated carbocycles. The molecule has 0 aromatic rings. The molecule has 1 fully saturated rings. The maximum Gasteiger partial charge on any atom is 0.224 e. The van der Waals surface area contributed by atoms with Crippen LogP contribution in [0.3, 0.4) is 0 Å². The van der Waals surface area contributed by atoms with Gasteiger partial charge in [-0.2, -0.15) is 0 Å². The second-order valence-corrected chi connectivity index (χ2v) is 4.65. The van der Waals surface area contributed by atoms with Crippen LogP contribution in [0.1, 0.15) is 26.7 Å². The molecule has 5 heteroatoms. The lowest BCUT2D eigenvalue weighted by Gasteiger charge is -2.15. The number of nitrogens with one attached hydrogen (secondary N) is 1. The SMILES string of the molecule is CC(N)C(C)C(=O)NCCCOC1CCOC1. The van der Waals surface area contributed by atoms with Gasteiger partial charge in [-0.15, -0.1) is 0 Å². The van der Waals surface area contributed by atoms with Crippen molar-refractivity contribution in [1.29, 1.82) is 0 Å². The fraction of sp³-hybridized carbons (Fsp3) is 0.917. The van der Waals surface area contributed by atoms with Crippen molar-refractivity contribution < 1.29 is 14.3 Å². The van der Waals surface area contributed by atoms with Crippen LogP contribution in [0.15, 0.2) is 0 Å². The molecule has 1 heterocycles. The summed E-state index contributed by atoms with van der Waals surface area (Å²) < 4.78 is 10.8. The summed E-state index contributed by atoms with van der Waals surface area (Å²) in [6.07, 6.45) is 2.05. The Hall–Kier alpha value is -0.650. The number of hydrogen-bond donors (Lipinski definition) is 2.